The van der Waals surface area contributed by atoms with Crippen LogP contribution in [0, 0.1) is 6.92 Å². The summed E-state index contributed by atoms with van der Waals surface area (Å²) >= 11 is 1.44. The number of nitrogens with one attached hydrogen (secondary N) is 1. The van der Waals surface area contributed by atoms with E-state index in [0.29, 0.717) is 23.2 Å². The van der Waals surface area contributed by atoms with Crippen LogP contribution >= 0.6 is 11.3 Å². The normalized spacial score (nSPS) is 10.3. The van der Waals surface area contributed by atoms with Gasteiger partial charge in [0.2, 0.25) is 0 Å². The smallest absolute Gasteiger partial charge is 0.278 e. The number of nitrogens with zero attached hydrogens (tertiary/aromatic N) is 1. The van der Waals surface area contributed by atoms with Crippen molar-refractivity contribution in [2.45, 2.75) is 13.5 Å². The number of thiazole rings is 1. The summed E-state index contributed by atoms with van der Waals surface area (Å²) in [5.74, 6) is 1.25. The van der Waals surface area contributed by atoms with Crippen molar-refractivity contribution in [3.05, 3.63) is 71.2 Å². The average molecular weight is 354 g/mol. The van der Waals surface area contributed by atoms with Crippen LogP contribution in [0.4, 0.5) is 0 Å². The number of carbonyl (C=O) groups is 1. The van der Waals surface area contributed by atoms with Crippen LogP contribution < -0.4 is 14.8 Å². The first-order valence-electron chi connectivity index (χ1n) is 7.81. The fourth-order valence-corrected chi connectivity index (χ4v) is 2.65. The van der Waals surface area contributed by atoms with Gasteiger partial charge in [-0.3, -0.25) is 4.79 Å². The van der Waals surface area contributed by atoms with E-state index >= 15 is 0 Å². The molecule has 25 heavy (non-hydrogen) atoms. The van der Waals surface area contributed by atoms with E-state index in [0.717, 1.165) is 11.1 Å². The third-order valence-corrected chi connectivity index (χ3v) is 4.04. The van der Waals surface area contributed by atoms with Crippen LogP contribution in [-0.2, 0) is 11.3 Å². The molecule has 3 rings (SSSR count). The SMILES string of the molecule is Cc1cccc(OCC(=O)NCc2ccc(Oc3nccs3)cc2)c1. The highest BCUT2D eigenvalue weighted by molar-refractivity contribution is 7.11. The van der Waals surface area contributed by atoms with E-state index in [1.165, 1.54) is 11.3 Å². The quantitative estimate of drug-likeness (QED) is 0.698. The van der Waals surface area contributed by atoms with Gasteiger partial charge in [-0.1, -0.05) is 35.6 Å². The number of hydrogen-bond donors (Lipinski definition) is 1. The lowest BCUT2D eigenvalue weighted by atomic mass is 10.2. The van der Waals surface area contributed by atoms with Crippen molar-refractivity contribution < 1.29 is 14.3 Å². The molecule has 0 radical (unpaired) electrons. The summed E-state index contributed by atoms with van der Waals surface area (Å²) in [5, 5.41) is 5.30. The number of benzene rings is 2. The molecule has 0 saturated carbocycles. The molecule has 0 aliphatic rings. The Labute approximate surface area is 150 Å². The molecular formula is C19H18N2O3S. The van der Waals surface area contributed by atoms with Gasteiger partial charge in [-0.2, -0.15) is 0 Å². The fraction of sp³-hybridized carbons (Fsp3) is 0.158. The number of hydrogen-bond acceptors (Lipinski definition) is 5. The van der Waals surface area contributed by atoms with Gasteiger partial charge in [0.1, 0.15) is 11.5 Å². The number of aromatic nitrogens is 1. The number of rotatable bonds is 7. The second-order valence-electron chi connectivity index (χ2n) is 5.43. The van der Waals surface area contributed by atoms with E-state index in [1.54, 1.807) is 6.20 Å². The Balaban J connectivity index is 1.44. The minimum absolute atomic E-state index is 0.00526. The number of amides is 1. The topological polar surface area (TPSA) is 60.5 Å². The Morgan fingerprint density at radius 3 is 2.72 bits per heavy atom. The van der Waals surface area contributed by atoms with E-state index in [4.69, 9.17) is 9.47 Å². The van der Waals surface area contributed by atoms with Crippen molar-refractivity contribution in [1.29, 1.82) is 0 Å². The number of carbonyl (C=O) groups excluding carboxylic acids is 1. The number of ether oxygens (including phenoxy) is 2. The third-order valence-electron chi connectivity index (χ3n) is 3.39. The maximum absolute atomic E-state index is 11.9. The van der Waals surface area contributed by atoms with Gasteiger partial charge in [-0.25, -0.2) is 4.98 Å². The molecule has 0 aliphatic carbocycles. The van der Waals surface area contributed by atoms with Crippen molar-refractivity contribution in [2.75, 3.05) is 6.61 Å². The minimum Gasteiger partial charge on any atom is -0.484 e. The highest BCUT2D eigenvalue weighted by Crippen LogP contribution is 2.23. The predicted octanol–water partition coefficient (Wildman–Crippen LogP) is 3.94. The van der Waals surface area contributed by atoms with Crippen LogP contribution in [0.1, 0.15) is 11.1 Å². The van der Waals surface area contributed by atoms with Crippen molar-refractivity contribution >= 4 is 17.2 Å². The molecule has 0 atom stereocenters. The van der Waals surface area contributed by atoms with Crippen molar-refractivity contribution in [2.24, 2.45) is 0 Å². The van der Waals surface area contributed by atoms with Gasteiger partial charge >= 0.3 is 0 Å². The summed E-state index contributed by atoms with van der Waals surface area (Å²) in [7, 11) is 0. The summed E-state index contributed by atoms with van der Waals surface area (Å²) in [4.78, 5) is 16.0. The fourth-order valence-electron chi connectivity index (χ4n) is 2.14. The Morgan fingerprint density at radius 1 is 1.16 bits per heavy atom. The van der Waals surface area contributed by atoms with E-state index in [-0.39, 0.29) is 12.5 Å². The summed E-state index contributed by atoms with van der Waals surface area (Å²) in [6.07, 6.45) is 1.70. The van der Waals surface area contributed by atoms with E-state index in [1.807, 2.05) is 60.8 Å². The van der Waals surface area contributed by atoms with Gasteiger partial charge in [0.05, 0.1) is 0 Å². The van der Waals surface area contributed by atoms with Crippen molar-refractivity contribution in [3.63, 3.8) is 0 Å². The molecule has 1 heterocycles. The summed E-state index contributed by atoms with van der Waals surface area (Å²) in [5.41, 5.74) is 2.08. The lowest BCUT2D eigenvalue weighted by molar-refractivity contribution is -0.123. The molecule has 3 aromatic rings. The molecule has 0 unspecified atom stereocenters. The highest BCUT2D eigenvalue weighted by Gasteiger charge is 2.04. The van der Waals surface area contributed by atoms with Gasteiger partial charge in [0, 0.05) is 18.1 Å². The molecule has 0 saturated heterocycles. The zero-order valence-electron chi connectivity index (χ0n) is 13.8. The van der Waals surface area contributed by atoms with Crippen LogP contribution in [0.2, 0.25) is 0 Å². The molecule has 0 spiro atoms. The Hall–Kier alpha value is -2.86. The third kappa shape index (κ3) is 5.32. The minimum atomic E-state index is -0.162. The predicted molar refractivity (Wildman–Crippen MR) is 97.2 cm³/mol. The Bertz CT molecular complexity index is 817. The molecule has 0 bridgehead atoms. The molecule has 1 N–H and O–H groups in total. The molecule has 1 aromatic heterocycles. The van der Waals surface area contributed by atoms with Crippen LogP contribution in [0.15, 0.2) is 60.1 Å². The number of aryl methyl sites for hydroxylation is 1. The lowest BCUT2D eigenvalue weighted by Crippen LogP contribution is -2.28. The average Bonchev–Trinajstić information content (AvgIpc) is 3.12. The van der Waals surface area contributed by atoms with Crippen LogP contribution in [0.3, 0.4) is 0 Å². The van der Waals surface area contributed by atoms with Crippen LogP contribution in [0.5, 0.6) is 16.7 Å². The first kappa shape index (κ1) is 17.0. The second kappa shape index (κ2) is 8.30. The highest BCUT2D eigenvalue weighted by atomic mass is 32.1. The summed E-state index contributed by atoms with van der Waals surface area (Å²) in [6, 6.07) is 15.1. The second-order valence-corrected chi connectivity index (χ2v) is 6.28. The monoisotopic (exact) mass is 354 g/mol. The zero-order valence-corrected chi connectivity index (χ0v) is 14.6. The molecule has 128 valence electrons. The van der Waals surface area contributed by atoms with Gasteiger partial charge < -0.3 is 14.8 Å². The van der Waals surface area contributed by atoms with Gasteiger partial charge in [0.15, 0.2) is 6.61 Å². The molecule has 6 heteroatoms. The van der Waals surface area contributed by atoms with Gasteiger partial charge in [0.25, 0.3) is 11.1 Å². The first-order chi connectivity index (χ1) is 12.2. The molecule has 0 fully saturated rings. The maximum atomic E-state index is 11.9. The summed E-state index contributed by atoms with van der Waals surface area (Å²) < 4.78 is 11.1. The van der Waals surface area contributed by atoms with Crippen molar-refractivity contribution in [1.82, 2.24) is 10.3 Å². The zero-order chi connectivity index (χ0) is 17.5. The maximum Gasteiger partial charge on any atom is 0.278 e. The van der Waals surface area contributed by atoms with Gasteiger partial charge in [-0.05, 0) is 42.3 Å². The van der Waals surface area contributed by atoms with Crippen LogP contribution in [-0.4, -0.2) is 17.5 Å². The largest absolute Gasteiger partial charge is 0.484 e. The van der Waals surface area contributed by atoms with Crippen molar-refractivity contribution in [3.8, 4) is 16.7 Å². The lowest BCUT2D eigenvalue weighted by Gasteiger charge is -2.08. The molecular weight excluding hydrogens is 336 g/mol. The Morgan fingerprint density at radius 2 is 2.00 bits per heavy atom. The molecule has 1 amide bonds. The first-order valence-corrected chi connectivity index (χ1v) is 8.69. The van der Waals surface area contributed by atoms with E-state index in [9.17, 15) is 4.79 Å². The molecule has 5 nitrogen and oxygen atoms in total. The van der Waals surface area contributed by atoms with Crippen LogP contribution in [0.25, 0.3) is 0 Å². The molecule has 0 aliphatic heterocycles. The van der Waals surface area contributed by atoms with E-state index < -0.39 is 0 Å². The Kier molecular flexibility index (Phi) is 5.64. The molecule has 2 aromatic carbocycles. The standard InChI is InChI=1S/C19H18N2O3S/c1-14-3-2-4-17(11-14)23-13-18(22)21-12-15-5-7-16(8-6-15)24-19-20-9-10-25-19/h2-11H,12-13H2,1H3,(H,21,22). The summed E-state index contributed by atoms with van der Waals surface area (Å²) in [6.45, 7) is 2.41. The van der Waals surface area contributed by atoms with Gasteiger partial charge in [-0.15, -0.1) is 0 Å². The van der Waals surface area contributed by atoms with E-state index in [2.05, 4.69) is 10.3 Å².